The number of aryl methyl sites for hydroxylation is 3. The molecule has 1 amide bonds. The number of anilines is 1. The molecule has 0 saturated heterocycles. The molecule has 0 aliphatic carbocycles. The Morgan fingerprint density at radius 2 is 1.80 bits per heavy atom. The van der Waals surface area contributed by atoms with Crippen molar-refractivity contribution in [3.05, 3.63) is 76.3 Å². The molecule has 4 aromatic rings. The van der Waals surface area contributed by atoms with Gasteiger partial charge < -0.3 is 14.5 Å². The number of carbonyl (C=O) groups excluding carboxylic acids is 1. The van der Waals surface area contributed by atoms with E-state index in [1.165, 1.54) is 0 Å². The third-order valence-corrected chi connectivity index (χ3v) is 5.27. The number of rotatable bonds is 5. The van der Waals surface area contributed by atoms with Gasteiger partial charge in [0.25, 0.3) is 5.91 Å². The summed E-state index contributed by atoms with van der Waals surface area (Å²) >= 11 is 6.28. The number of hydrogen-bond acceptors (Lipinski definition) is 4. The van der Waals surface area contributed by atoms with Gasteiger partial charge in [-0.1, -0.05) is 29.8 Å². The van der Waals surface area contributed by atoms with E-state index < -0.39 is 0 Å². The Morgan fingerprint density at radius 3 is 2.60 bits per heavy atom. The predicted octanol–water partition coefficient (Wildman–Crippen LogP) is 6.09. The first-order chi connectivity index (χ1) is 14.4. The van der Waals surface area contributed by atoms with Crippen molar-refractivity contribution in [2.24, 2.45) is 0 Å². The first-order valence-electron chi connectivity index (χ1n) is 9.57. The summed E-state index contributed by atoms with van der Waals surface area (Å²) in [6.45, 7) is 5.88. The van der Waals surface area contributed by atoms with E-state index in [1.54, 1.807) is 12.1 Å². The number of fused-ring (bicyclic) bond motifs is 1. The molecule has 0 fully saturated rings. The molecule has 1 heterocycles. The highest BCUT2D eigenvalue weighted by Gasteiger charge is 2.13. The Balaban J connectivity index is 1.53. The predicted molar refractivity (Wildman–Crippen MR) is 119 cm³/mol. The summed E-state index contributed by atoms with van der Waals surface area (Å²) < 4.78 is 11.5. The minimum Gasteiger partial charge on any atom is -0.483 e. The molecule has 0 aliphatic heterocycles. The van der Waals surface area contributed by atoms with Gasteiger partial charge in [-0.05, 0) is 73.9 Å². The van der Waals surface area contributed by atoms with Crippen LogP contribution in [0.5, 0.6) is 5.75 Å². The van der Waals surface area contributed by atoms with Gasteiger partial charge in [-0.25, -0.2) is 4.98 Å². The number of oxazole rings is 1. The smallest absolute Gasteiger partial charge is 0.262 e. The van der Waals surface area contributed by atoms with Crippen molar-refractivity contribution < 1.29 is 13.9 Å². The molecule has 0 unspecified atom stereocenters. The van der Waals surface area contributed by atoms with Gasteiger partial charge in [-0.15, -0.1) is 0 Å². The van der Waals surface area contributed by atoms with Crippen LogP contribution in [0.2, 0.25) is 5.02 Å². The normalized spacial score (nSPS) is 10.9. The highest BCUT2D eigenvalue weighted by atomic mass is 35.5. The van der Waals surface area contributed by atoms with Crippen LogP contribution in [0.25, 0.3) is 22.6 Å². The molecule has 0 aliphatic rings. The Bertz CT molecular complexity index is 1210. The molecule has 3 aromatic carbocycles. The second-order valence-corrected chi connectivity index (χ2v) is 7.63. The van der Waals surface area contributed by atoms with E-state index in [4.69, 9.17) is 20.8 Å². The van der Waals surface area contributed by atoms with Crippen molar-refractivity contribution in [1.82, 2.24) is 4.98 Å². The molecular formula is C24H21ClN2O3. The standard InChI is InChI=1S/C24H21ClN2O3/c1-14-6-4-5-7-21(14)29-13-23(28)26-19-12-17(8-9-18(19)25)24-27-20-10-15(2)16(3)11-22(20)30-24/h4-12H,13H2,1-3H3,(H,26,28). The van der Waals surface area contributed by atoms with E-state index in [-0.39, 0.29) is 12.5 Å². The topological polar surface area (TPSA) is 64.4 Å². The first kappa shape index (κ1) is 20.0. The Kier molecular flexibility index (Phi) is 5.46. The number of halogens is 1. The van der Waals surface area contributed by atoms with Crippen LogP contribution in [-0.2, 0) is 4.79 Å². The van der Waals surface area contributed by atoms with Crippen LogP contribution < -0.4 is 10.1 Å². The summed E-state index contributed by atoms with van der Waals surface area (Å²) in [7, 11) is 0. The monoisotopic (exact) mass is 420 g/mol. The molecule has 0 atom stereocenters. The van der Waals surface area contributed by atoms with Gasteiger partial charge in [0.15, 0.2) is 12.2 Å². The average molecular weight is 421 g/mol. The van der Waals surface area contributed by atoms with Crippen LogP contribution in [0, 0.1) is 20.8 Å². The lowest BCUT2D eigenvalue weighted by molar-refractivity contribution is -0.118. The fraction of sp³-hybridized carbons (Fsp3) is 0.167. The van der Waals surface area contributed by atoms with Gasteiger partial charge in [0.05, 0.1) is 10.7 Å². The summed E-state index contributed by atoms with van der Waals surface area (Å²) in [5.41, 5.74) is 5.97. The number of carbonyl (C=O) groups is 1. The van der Waals surface area contributed by atoms with E-state index in [0.29, 0.717) is 22.4 Å². The maximum atomic E-state index is 12.4. The van der Waals surface area contributed by atoms with Crippen LogP contribution in [0.15, 0.2) is 59.0 Å². The number of nitrogens with zero attached hydrogens (tertiary/aromatic N) is 1. The van der Waals surface area contributed by atoms with E-state index in [2.05, 4.69) is 10.3 Å². The van der Waals surface area contributed by atoms with Crippen LogP contribution in [-0.4, -0.2) is 17.5 Å². The Labute approximate surface area is 179 Å². The van der Waals surface area contributed by atoms with Crippen LogP contribution in [0.3, 0.4) is 0 Å². The highest BCUT2D eigenvalue weighted by Crippen LogP contribution is 2.31. The molecule has 5 nitrogen and oxygen atoms in total. The zero-order chi connectivity index (χ0) is 21.3. The summed E-state index contributed by atoms with van der Waals surface area (Å²) in [4.78, 5) is 17.0. The summed E-state index contributed by atoms with van der Waals surface area (Å²) in [6.07, 6.45) is 0. The van der Waals surface area contributed by atoms with Crippen LogP contribution in [0.4, 0.5) is 5.69 Å². The number of aromatic nitrogens is 1. The first-order valence-corrected chi connectivity index (χ1v) is 9.94. The molecule has 0 saturated carbocycles. The summed E-state index contributed by atoms with van der Waals surface area (Å²) in [6, 6.07) is 16.8. The second kappa shape index (κ2) is 8.20. The maximum absolute atomic E-state index is 12.4. The number of ether oxygens (including phenoxy) is 1. The lowest BCUT2D eigenvalue weighted by atomic mass is 10.1. The molecule has 0 radical (unpaired) electrons. The van der Waals surface area contributed by atoms with Crippen molar-refractivity contribution in [3.8, 4) is 17.2 Å². The number of para-hydroxylation sites is 1. The number of nitrogens with one attached hydrogen (secondary N) is 1. The van der Waals surface area contributed by atoms with Gasteiger partial charge in [0.1, 0.15) is 11.3 Å². The maximum Gasteiger partial charge on any atom is 0.262 e. The highest BCUT2D eigenvalue weighted by molar-refractivity contribution is 6.33. The fourth-order valence-electron chi connectivity index (χ4n) is 3.11. The zero-order valence-corrected chi connectivity index (χ0v) is 17.7. The average Bonchev–Trinajstić information content (AvgIpc) is 3.12. The van der Waals surface area contributed by atoms with Gasteiger partial charge in [-0.3, -0.25) is 4.79 Å². The van der Waals surface area contributed by atoms with Crippen LogP contribution in [0.1, 0.15) is 16.7 Å². The molecule has 1 N–H and O–H groups in total. The van der Waals surface area contributed by atoms with Gasteiger partial charge in [0.2, 0.25) is 5.89 Å². The van der Waals surface area contributed by atoms with Crippen LogP contribution >= 0.6 is 11.6 Å². The SMILES string of the molecule is Cc1cc2nc(-c3ccc(Cl)c(NC(=O)COc4ccccc4C)c3)oc2cc1C. The molecule has 0 bridgehead atoms. The largest absolute Gasteiger partial charge is 0.483 e. The second-order valence-electron chi connectivity index (χ2n) is 7.22. The van der Waals surface area contributed by atoms with Crippen molar-refractivity contribution in [3.63, 3.8) is 0 Å². The van der Waals surface area contributed by atoms with E-state index in [0.717, 1.165) is 33.4 Å². The third kappa shape index (κ3) is 4.16. The van der Waals surface area contributed by atoms with Crippen molar-refractivity contribution >= 4 is 34.3 Å². The lowest BCUT2D eigenvalue weighted by Crippen LogP contribution is -2.20. The van der Waals surface area contributed by atoms with E-state index >= 15 is 0 Å². The van der Waals surface area contributed by atoms with Crippen molar-refractivity contribution in [2.75, 3.05) is 11.9 Å². The Morgan fingerprint density at radius 1 is 1.03 bits per heavy atom. The van der Waals surface area contributed by atoms with Crippen molar-refractivity contribution in [1.29, 1.82) is 0 Å². The van der Waals surface area contributed by atoms with Gasteiger partial charge in [0, 0.05) is 5.56 Å². The minimum absolute atomic E-state index is 0.118. The number of amides is 1. The number of hydrogen-bond donors (Lipinski definition) is 1. The summed E-state index contributed by atoms with van der Waals surface area (Å²) in [5, 5.41) is 3.22. The molecule has 152 valence electrons. The van der Waals surface area contributed by atoms with Gasteiger partial charge in [-0.2, -0.15) is 0 Å². The molecule has 30 heavy (non-hydrogen) atoms. The quantitative estimate of drug-likeness (QED) is 0.424. The molecular weight excluding hydrogens is 400 g/mol. The van der Waals surface area contributed by atoms with E-state index in [1.807, 2.05) is 63.2 Å². The van der Waals surface area contributed by atoms with E-state index in [9.17, 15) is 4.79 Å². The Hall–Kier alpha value is -3.31. The molecule has 4 rings (SSSR count). The number of benzene rings is 3. The minimum atomic E-state index is -0.305. The lowest BCUT2D eigenvalue weighted by Gasteiger charge is -2.11. The van der Waals surface area contributed by atoms with Gasteiger partial charge >= 0.3 is 0 Å². The molecule has 6 heteroatoms. The third-order valence-electron chi connectivity index (χ3n) is 4.94. The zero-order valence-electron chi connectivity index (χ0n) is 17.0. The fourth-order valence-corrected chi connectivity index (χ4v) is 3.27. The summed E-state index contributed by atoms with van der Waals surface area (Å²) in [5.74, 6) is 0.837. The molecule has 1 aromatic heterocycles. The van der Waals surface area contributed by atoms with Crippen molar-refractivity contribution in [2.45, 2.75) is 20.8 Å². The molecule has 0 spiro atoms.